The van der Waals surface area contributed by atoms with Gasteiger partial charge in [-0.3, -0.25) is 0 Å². The standard InChI is InChI=1S/C23H33ClO4/c1-4-27-21(26)28-19-8-7-17-16-6-5-15-11-14(13-24)9-10-22(15,2)20(16)18(25)12-23(17,19)3/h9-11,14,16-20,25H,4-8,12-13H2,1-3H3/t14?,16-,17-,18-,19+,20+,22-,23-/m0/s1. The summed E-state index contributed by atoms with van der Waals surface area (Å²) in [4.78, 5) is 11.9. The molecule has 0 aromatic heterocycles. The molecule has 4 nitrogen and oxygen atoms in total. The lowest BCUT2D eigenvalue weighted by Gasteiger charge is -2.58. The molecule has 0 radical (unpaired) electrons. The topological polar surface area (TPSA) is 55.8 Å². The van der Waals surface area contributed by atoms with E-state index in [-0.39, 0.29) is 22.9 Å². The lowest BCUT2D eigenvalue weighted by Crippen LogP contribution is -2.56. The van der Waals surface area contributed by atoms with Crippen molar-refractivity contribution in [2.24, 2.45) is 34.5 Å². The molecule has 0 heterocycles. The maximum absolute atomic E-state index is 11.9. The molecule has 4 rings (SSSR count). The summed E-state index contributed by atoms with van der Waals surface area (Å²) in [6.07, 6.45) is 10.5. The Kier molecular flexibility index (Phi) is 5.33. The first-order valence-electron chi connectivity index (χ1n) is 10.8. The quantitative estimate of drug-likeness (QED) is 0.401. The number of allylic oxidation sites excluding steroid dienone is 4. The number of hydrogen-bond acceptors (Lipinski definition) is 4. The van der Waals surface area contributed by atoms with Crippen molar-refractivity contribution in [3.63, 3.8) is 0 Å². The zero-order chi connectivity index (χ0) is 20.1. The van der Waals surface area contributed by atoms with E-state index in [0.717, 1.165) is 25.7 Å². The van der Waals surface area contributed by atoms with Crippen molar-refractivity contribution in [1.29, 1.82) is 0 Å². The van der Waals surface area contributed by atoms with Gasteiger partial charge in [0.15, 0.2) is 0 Å². The second kappa shape index (κ2) is 7.36. The largest absolute Gasteiger partial charge is 0.508 e. The van der Waals surface area contributed by atoms with Crippen LogP contribution in [0.4, 0.5) is 4.79 Å². The molecule has 0 spiro atoms. The number of aliphatic hydroxyl groups excluding tert-OH is 1. The molecule has 0 aliphatic heterocycles. The summed E-state index contributed by atoms with van der Waals surface area (Å²) in [6, 6.07) is 0. The average Bonchev–Trinajstić information content (AvgIpc) is 2.96. The molecule has 0 saturated heterocycles. The summed E-state index contributed by atoms with van der Waals surface area (Å²) in [7, 11) is 0. The van der Waals surface area contributed by atoms with Crippen molar-refractivity contribution in [2.45, 2.75) is 65.1 Å². The predicted molar refractivity (Wildman–Crippen MR) is 109 cm³/mol. The lowest BCUT2D eigenvalue weighted by atomic mass is 9.47. The summed E-state index contributed by atoms with van der Waals surface area (Å²) >= 11 is 6.10. The Morgan fingerprint density at radius 2 is 2.11 bits per heavy atom. The second-order valence-corrected chi connectivity index (χ2v) is 9.94. The fraction of sp³-hybridized carbons (Fsp3) is 0.783. The van der Waals surface area contributed by atoms with Gasteiger partial charge in [0.05, 0.1) is 12.7 Å². The SMILES string of the molecule is CCOC(=O)O[C@@H]1CC[C@H]2[C@@H]3CCC4=CC(CCl)C=C[C@]4(C)[C@H]3[C@@H](O)C[C@]12C. The number of alkyl halides is 1. The molecule has 3 saturated carbocycles. The van der Waals surface area contributed by atoms with E-state index in [1.807, 2.05) is 0 Å². The van der Waals surface area contributed by atoms with Crippen molar-refractivity contribution in [3.8, 4) is 0 Å². The van der Waals surface area contributed by atoms with Crippen molar-refractivity contribution in [1.82, 2.24) is 0 Å². The van der Waals surface area contributed by atoms with Crippen LogP contribution in [0, 0.1) is 34.5 Å². The van der Waals surface area contributed by atoms with Crippen LogP contribution in [0.15, 0.2) is 23.8 Å². The normalized spacial score (nSPS) is 46.8. The maximum atomic E-state index is 11.9. The second-order valence-electron chi connectivity index (χ2n) is 9.63. The molecule has 28 heavy (non-hydrogen) atoms. The third-order valence-corrected chi connectivity index (χ3v) is 8.64. The van der Waals surface area contributed by atoms with Crippen molar-refractivity contribution in [2.75, 3.05) is 12.5 Å². The van der Waals surface area contributed by atoms with Crippen molar-refractivity contribution < 1.29 is 19.4 Å². The number of rotatable bonds is 3. The molecular formula is C23H33ClO4. The van der Waals surface area contributed by atoms with E-state index < -0.39 is 12.3 Å². The van der Waals surface area contributed by atoms with E-state index in [1.165, 1.54) is 5.57 Å². The lowest BCUT2D eigenvalue weighted by molar-refractivity contribution is -0.133. The number of aliphatic hydroxyl groups is 1. The van der Waals surface area contributed by atoms with Crippen molar-refractivity contribution in [3.05, 3.63) is 23.8 Å². The number of fused-ring (bicyclic) bond motifs is 5. The van der Waals surface area contributed by atoms with Crippen LogP contribution in [-0.4, -0.2) is 36.0 Å². The minimum absolute atomic E-state index is 0.0910. The van der Waals surface area contributed by atoms with E-state index >= 15 is 0 Å². The zero-order valence-electron chi connectivity index (χ0n) is 17.2. The maximum Gasteiger partial charge on any atom is 0.508 e. The van der Waals surface area contributed by atoms with Gasteiger partial charge in [-0.25, -0.2) is 4.79 Å². The Bertz CT molecular complexity index is 688. The third kappa shape index (κ3) is 3.02. The number of hydrogen-bond donors (Lipinski definition) is 1. The van der Waals surface area contributed by atoms with E-state index in [2.05, 4.69) is 32.1 Å². The predicted octanol–water partition coefficient (Wildman–Crippen LogP) is 5.09. The van der Waals surface area contributed by atoms with Crippen LogP contribution in [0.3, 0.4) is 0 Å². The van der Waals surface area contributed by atoms with Gasteiger partial charge in [0.1, 0.15) is 6.10 Å². The smallest absolute Gasteiger partial charge is 0.435 e. The molecule has 1 unspecified atom stereocenters. The highest BCUT2D eigenvalue weighted by Gasteiger charge is 2.62. The summed E-state index contributed by atoms with van der Waals surface area (Å²) < 4.78 is 10.7. The first-order chi connectivity index (χ1) is 13.3. The number of ether oxygens (including phenoxy) is 2. The summed E-state index contributed by atoms with van der Waals surface area (Å²) in [6.45, 7) is 6.61. The highest BCUT2D eigenvalue weighted by molar-refractivity contribution is 6.18. The number of carbonyl (C=O) groups excluding carboxylic acids is 1. The fourth-order valence-electron chi connectivity index (χ4n) is 7.04. The number of halogens is 1. The van der Waals surface area contributed by atoms with Gasteiger partial charge in [0, 0.05) is 28.5 Å². The molecule has 0 aromatic rings. The third-order valence-electron chi connectivity index (χ3n) is 8.28. The average molecular weight is 409 g/mol. The van der Waals surface area contributed by atoms with Crippen LogP contribution >= 0.6 is 11.6 Å². The van der Waals surface area contributed by atoms with E-state index in [0.29, 0.717) is 36.7 Å². The van der Waals surface area contributed by atoms with Gasteiger partial charge >= 0.3 is 6.16 Å². The van der Waals surface area contributed by atoms with Gasteiger partial charge in [0.2, 0.25) is 0 Å². The summed E-state index contributed by atoms with van der Waals surface area (Å²) in [5.74, 6) is 2.06. The van der Waals surface area contributed by atoms with Gasteiger partial charge in [-0.15, -0.1) is 11.6 Å². The van der Waals surface area contributed by atoms with Crippen molar-refractivity contribution >= 4 is 17.8 Å². The van der Waals surface area contributed by atoms with Gasteiger partial charge in [0.25, 0.3) is 0 Å². The minimum atomic E-state index is -0.575. The molecule has 3 fully saturated rings. The van der Waals surface area contributed by atoms with Gasteiger partial charge in [-0.05, 0) is 50.9 Å². The van der Waals surface area contributed by atoms with Crippen LogP contribution < -0.4 is 0 Å². The zero-order valence-corrected chi connectivity index (χ0v) is 18.0. The number of carbonyl (C=O) groups is 1. The Morgan fingerprint density at radius 3 is 2.82 bits per heavy atom. The molecule has 0 aromatic carbocycles. The summed E-state index contributed by atoms with van der Waals surface area (Å²) in [5, 5.41) is 11.3. The Balaban J connectivity index is 1.60. The molecule has 156 valence electrons. The van der Waals surface area contributed by atoms with Crippen LogP contribution in [-0.2, 0) is 9.47 Å². The molecular weight excluding hydrogens is 376 g/mol. The van der Waals surface area contributed by atoms with Gasteiger partial charge < -0.3 is 14.6 Å². The Morgan fingerprint density at radius 1 is 1.32 bits per heavy atom. The minimum Gasteiger partial charge on any atom is -0.435 e. The summed E-state index contributed by atoms with van der Waals surface area (Å²) in [5.41, 5.74) is 1.18. The molecule has 4 aliphatic rings. The molecule has 0 bridgehead atoms. The Hall–Kier alpha value is -1.00. The van der Waals surface area contributed by atoms with Crippen LogP contribution in [0.25, 0.3) is 0 Å². The van der Waals surface area contributed by atoms with Crippen LogP contribution in [0.5, 0.6) is 0 Å². The highest BCUT2D eigenvalue weighted by Crippen LogP contribution is 2.65. The van der Waals surface area contributed by atoms with E-state index in [9.17, 15) is 9.90 Å². The van der Waals surface area contributed by atoms with Gasteiger partial charge in [-0.1, -0.05) is 37.6 Å². The molecule has 1 N–H and O–H groups in total. The fourth-order valence-corrected chi connectivity index (χ4v) is 7.23. The monoisotopic (exact) mass is 408 g/mol. The van der Waals surface area contributed by atoms with Gasteiger partial charge in [-0.2, -0.15) is 0 Å². The molecule has 8 atom stereocenters. The Labute approximate surface area is 173 Å². The van der Waals surface area contributed by atoms with E-state index in [1.54, 1.807) is 6.92 Å². The molecule has 4 aliphatic carbocycles. The first-order valence-corrected chi connectivity index (χ1v) is 11.3. The highest BCUT2D eigenvalue weighted by atomic mass is 35.5. The first kappa shape index (κ1) is 20.3. The van der Waals surface area contributed by atoms with Crippen LogP contribution in [0.1, 0.15) is 52.9 Å². The molecule has 5 heteroatoms. The van der Waals surface area contributed by atoms with Crippen LogP contribution in [0.2, 0.25) is 0 Å². The van der Waals surface area contributed by atoms with E-state index in [4.69, 9.17) is 21.1 Å². The molecule has 0 amide bonds.